The maximum atomic E-state index is 3.70. The first-order valence-corrected chi connectivity index (χ1v) is 3.83. The molecule has 0 aliphatic rings. The third-order valence-electron chi connectivity index (χ3n) is 1.93. The first-order valence-electron chi connectivity index (χ1n) is 3.83. The molecule has 0 N–H and O–H groups in total. The molecule has 0 spiro atoms. The molecule has 0 saturated carbocycles. The maximum absolute atomic E-state index is 3.70. The molecule has 1 aromatic heterocycles. The van der Waals surface area contributed by atoms with Gasteiger partial charge in [-0.25, -0.2) is 0 Å². The van der Waals surface area contributed by atoms with Crippen molar-refractivity contribution in [2.24, 2.45) is 0 Å². The fourth-order valence-electron chi connectivity index (χ4n) is 1.33. The standard InChI is InChI=1S/C9H14N2/c1-5-10-7-8(3)11(6-2)9(10)4/h5H,1,6H2,2-4H3. The van der Waals surface area contributed by atoms with Crippen LogP contribution in [0.2, 0.25) is 0 Å². The second-order valence-corrected chi connectivity index (χ2v) is 2.54. The number of aromatic nitrogens is 2. The lowest BCUT2D eigenvalue weighted by atomic mass is 10.5. The summed E-state index contributed by atoms with van der Waals surface area (Å²) in [5.41, 5.74) is 1.16. The van der Waals surface area contributed by atoms with Crippen molar-refractivity contribution < 1.29 is 4.57 Å². The van der Waals surface area contributed by atoms with Gasteiger partial charge in [-0.15, -0.1) is 6.58 Å². The SMILES string of the molecule is C=C[n+]1[c-]c(C)n(CC)c1C. The molecular weight excluding hydrogens is 136 g/mol. The molecule has 0 fully saturated rings. The van der Waals surface area contributed by atoms with Gasteiger partial charge in [0.2, 0.25) is 0 Å². The highest BCUT2D eigenvalue weighted by molar-refractivity contribution is 5.02. The minimum absolute atomic E-state index is 0.995. The lowest BCUT2D eigenvalue weighted by Crippen LogP contribution is -2.27. The minimum Gasteiger partial charge on any atom is -0.367 e. The van der Waals surface area contributed by atoms with Crippen LogP contribution in [-0.4, -0.2) is 4.57 Å². The normalized spacial score (nSPS) is 10.1. The van der Waals surface area contributed by atoms with Gasteiger partial charge in [-0.1, -0.05) is 0 Å². The molecule has 0 bridgehead atoms. The summed E-state index contributed by atoms with van der Waals surface area (Å²) in [7, 11) is 0. The van der Waals surface area contributed by atoms with E-state index in [1.807, 2.05) is 4.57 Å². The van der Waals surface area contributed by atoms with Crippen LogP contribution < -0.4 is 4.57 Å². The average molecular weight is 150 g/mol. The van der Waals surface area contributed by atoms with Crippen molar-refractivity contribution in [2.75, 3.05) is 0 Å². The van der Waals surface area contributed by atoms with Gasteiger partial charge in [0.25, 0.3) is 0 Å². The Morgan fingerprint density at radius 2 is 2.27 bits per heavy atom. The van der Waals surface area contributed by atoms with Gasteiger partial charge in [0.05, 0.1) is 18.4 Å². The van der Waals surface area contributed by atoms with E-state index in [1.54, 1.807) is 6.20 Å². The quantitative estimate of drug-likeness (QED) is 0.444. The third-order valence-corrected chi connectivity index (χ3v) is 1.93. The zero-order chi connectivity index (χ0) is 8.43. The van der Waals surface area contributed by atoms with E-state index in [1.165, 1.54) is 5.82 Å². The van der Waals surface area contributed by atoms with Crippen LogP contribution in [0.25, 0.3) is 6.20 Å². The van der Waals surface area contributed by atoms with Gasteiger partial charge in [-0.2, -0.15) is 0 Å². The van der Waals surface area contributed by atoms with E-state index in [2.05, 4.69) is 38.1 Å². The van der Waals surface area contributed by atoms with Gasteiger partial charge >= 0.3 is 0 Å². The first kappa shape index (κ1) is 8.05. The Balaban J connectivity index is 3.24. The van der Waals surface area contributed by atoms with Gasteiger partial charge in [0.15, 0.2) is 5.82 Å². The highest BCUT2D eigenvalue weighted by Crippen LogP contribution is 1.99. The number of rotatable bonds is 2. The number of hydrogen-bond donors (Lipinski definition) is 0. The molecule has 0 saturated heterocycles. The Kier molecular flexibility index (Phi) is 2.13. The molecule has 0 aromatic carbocycles. The van der Waals surface area contributed by atoms with Crippen LogP contribution >= 0.6 is 0 Å². The molecule has 1 heterocycles. The summed E-state index contributed by atoms with van der Waals surface area (Å²) in [5.74, 6) is 1.18. The van der Waals surface area contributed by atoms with E-state index in [4.69, 9.17) is 0 Å². The van der Waals surface area contributed by atoms with Crippen LogP contribution in [0.1, 0.15) is 18.4 Å². The van der Waals surface area contributed by atoms with Crippen LogP contribution in [-0.2, 0) is 6.54 Å². The Morgan fingerprint density at radius 3 is 2.55 bits per heavy atom. The Labute approximate surface area is 67.8 Å². The molecule has 0 amide bonds. The summed E-state index contributed by atoms with van der Waals surface area (Å²) in [4.78, 5) is 0. The van der Waals surface area contributed by atoms with E-state index in [-0.39, 0.29) is 0 Å². The van der Waals surface area contributed by atoms with Crippen molar-refractivity contribution in [1.82, 2.24) is 4.57 Å². The monoisotopic (exact) mass is 150 g/mol. The van der Waals surface area contributed by atoms with Crippen LogP contribution in [0.5, 0.6) is 0 Å². The second-order valence-electron chi connectivity index (χ2n) is 2.54. The van der Waals surface area contributed by atoms with Gasteiger partial charge in [0, 0.05) is 0 Å². The Hall–Kier alpha value is -1.05. The smallest absolute Gasteiger partial charge is 0.151 e. The lowest BCUT2D eigenvalue weighted by molar-refractivity contribution is -0.579. The van der Waals surface area contributed by atoms with Crippen molar-refractivity contribution >= 4 is 6.20 Å². The van der Waals surface area contributed by atoms with E-state index >= 15 is 0 Å². The van der Waals surface area contributed by atoms with Gasteiger partial charge < -0.3 is 4.57 Å². The van der Waals surface area contributed by atoms with Crippen LogP contribution in [0.4, 0.5) is 0 Å². The molecular formula is C9H14N2. The van der Waals surface area contributed by atoms with Crippen molar-refractivity contribution in [1.29, 1.82) is 0 Å². The van der Waals surface area contributed by atoms with Crippen LogP contribution in [0.3, 0.4) is 0 Å². The third kappa shape index (κ3) is 1.20. The summed E-state index contributed by atoms with van der Waals surface area (Å²) in [5, 5.41) is 0. The molecule has 2 nitrogen and oxygen atoms in total. The molecule has 1 aromatic rings. The van der Waals surface area contributed by atoms with E-state index in [0.29, 0.717) is 0 Å². The van der Waals surface area contributed by atoms with E-state index < -0.39 is 0 Å². The molecule has 0 radical (unpaired) electrons. The minimum atomic E-state index is 0.995. The highest BCUT2D eigenvalue weighted by Gasteiger charge is 2.03. The summed E-state index contributed by atoms with van der Waals surface area (Å²) >= 11 is 0. The van der Waals surface area contributed by atoms with Gasteiger partial charge in [-0.3, -0.25) is 4.57 Å². The zero-order valence-electron chi connectivity index (χ0n) is 7.39. The highest BCUT2D eigenvalue weighted by atomic mass is 15.1. The maximum Gasteiger partial charge on any atom is 0.151 e. The molecule has 1 rings (SSSR count). The predicted octanol–water partition coefficient (Wildman–Crippen LogP) is 1.31. The zero-order valence-corrected chi connectivity index (χ0v) is 7.39. The molecule has 0 aliphatic carbocycles. The largest absolute Gasteiger partial charge is 0.367 e. The molecule has 2 heteroatoms. The topological polar surface area (TPSA) is 8.81 Å². The summed E-state index contributed by atoms with van der Waals surface area (Å²) < 4.78 is 4.11. The number of nitrogens with zero attached hydrogens (tertiary/aromatic N) is 2. The predicted molar refractivity (Wildman–Crippen MR) is 45.0 cm³/mol. The molecule has 0 unspecified atom stereocenters. The summed E-state index contributed by atoms with van der Waals surface area (Å²) in [6, 6.07) is 0. The summed E-state index contributed by atoms with van der Waals surface area (Å²) in [6.07, 6.45) is 4.95. The lowest BCUT2D eigenvalue weighted by Gasteiger charge is -2.01. The van der Waals surface area contributed by atoms with Crippen LogP contribution in [0.15, 0.2) is 6.58 Å². The molecule has 11 heavy (non-hydrogen) atoms. The Bertz CT molecular complexity index is 271. The number of hydrogen-bond acceptors (Lipinski definition) is 0. The van der Waals surface area contributed by atoms with Crippen molar-refractivity contribution in [3.8, 4) is 0 Å². The fraction of sp³-hybridized carbons (Fsp3) is 0.444. The summed E-state index contributed by atoms with van der Waals surface area (Å²) in [6.45, 7) is 10.9. The molecule has 0 aliphatic heterocycles. The average Bonchev–Trinajstić information content (AvgIpc) is 2.26. The van der Waals surface area contributed by atoms with E-state index in [9.17, 15) is 0 Å². The van der Waals surface area contributed by atoms with E-state index in [0.717, 1.165) is 12.2 Å². The first-order chi connectivity index (χ1) is 5.20. The molecule has 0 atom stereocenters. The molecule has 60 valence electrons. The van der Waals surface area contributed by atoms with Crippen molar-refractivity contribution in [3.63, 3.8) is 0 Å². The Morgan fingerprint density at radius 1 is 1.64 bits per heavy atom. The number of imidazole rings is 1. The van der Waals surface area contributed by atoms with Crippen molar-refractivity contribution in [3.05, 3.63) is 24.3 Å². The second kappa shape index (κ2) is 2.91. The number of aryl methyl sites for hydroxylation is 1. The fourth-order valence-corrected chi connectivity index (χ4v) is 1.33. The van der Waals surface area contributed by atoms with Gasteiger partial charge in [-0.05, 0) is 27.0 Å². The van der Waals surface area contributed by atoms with Crippen LogP contribution in [0, 0.1) is 20.0 Å². The van der Waals surface area contributed by atoms with Crippen molar-refractivity contribution in [2.45, 2.75) is 27.3 Å². The van der Waals surface area contributed by atoms with Gasteiger partial charge in [0.1, 0.15) is 0 Å².